The second-order valence-corrected chi connectivity index (χ2v) is 8.91. The van der Waals surface area contributed by atoms with Crippen molar-refractivity contribution in [1.82, 2.24) is 5.32 Å². The quantitative estimate of drug-likeness (QED) is 0.309. The molecule has 5 N–H and O–H groups in total. The number of carboxylic acids is 1. The number of carbonyl (C=O) groups excluding carboxylic acids is 1. The lowest BCUT2D eigenvalue weighted by Crippen LogP contribution is -2.57. The van der Waals surface area contributed by atoms with Crippen molar-refractivity contribution in [3.8, 4) is 0 Å². The Morgan fingerprint density at radius 1 is 1.04 bits per heavy atom. The summed E-state index contributed by atoms with van der Waals surface area (Å²) in [6.45, 7) is 3.81. The van der Waals surface area contributed by atoms with Crippen LogP contribution in [0, 0.1) is 0 Å². The van der Waals surface area contributed by atoms with Gasteiger partial charge in [-0.15, -0.1) is 23.5 Å². The van der Waals surface area contributed by atoms with E-state index in [1.807, 2.05) is 19.9 Å². The van der Waals surface area contributed by atoms with Crippen molar-refractivity contribution in [2.75, 3.05) is 11.5 Å². The fourth-order valence-corrected chi connectivity index (χ4v) is 5.08. The molecule has 158 valence electrons. The van der Waals surface area contributed by atoms with E-state index in [9.17, 15) is 24.9 Å². The first-order chi connectivity index (χ1) is 13.3. The van der Waals surface area contributed by atoms with Gasteiger partial charge in [0.25, 0.3) is 0 Å². The Morgan fingerprint density at radius 3 is 2.11 bits per heavy atom. The Hall–Kier alpha value is -1.46. The van der Waals surface area contributed by atoms with Crippen molar-refractivity contribution < 1.29 is 34.8 Å². The maximum Gasteiger partial charge on any atom is 0.407 e. The van der Waals surface area contributed by atoms with E-state index in [4.69, 9.17) is 9.84 Å². The van der Waals surface area contributed by atoms with Crippen LogP contribution in [0.15, 0.2) is 30.3 Å². The van der Waals surface area contributed by atoms with Crippen LogP contribution in [0.1, 0.15) is 19.4 Å². The number of rotatable bonds is 12. The molecule has 1 aromatic carbocycles. The Labute approximate surface area is 172 Å². The van der Waals surface area contributed by atoms with E-state index in [1.54, 1.807) is 24.3 Å². The number of hydrogen-bond acceptors (Lipinski definition) is 8. The molecule has 0 unspecified atom stereocenters. The molecule has 10 heteroatoms. The number of aliphatic hydroxyl groups is 3. The molecule has 0 spiro atoms. The Kier molecular flexibility index (Phi) is 11.3. The highest BCUT2D eigenvalue weighted by Gasteiger charge is 2.39. The molecule has 0 aliphatic carbocycles. The number of nitrogens with one attached hydrogen (secondary N) is 1. The summed E-state index contributed by atoms with van der Waals surface area (Å²) in [6, 6.07) is 7.98. The molecule has 0 aliphatic heterocycles. The van der Waals surface area contributed by atoms with Gasteiger partial charge >= 0.3 is 12.1 Å². The predicted molar refractivity (Wildman–Crippen MR) is 109 cm³/mol. The SMILES string of the molecule is CCSC(SCC)[C@H](NC(=O)OCc1ccccc1)[C@@H](O)[C@@H](O)[C@H](O)C(=O)O. The number of aliphatic carboxylic acids is 1. The summed E-state index contributed by atoms with van der Waals surface area (Å²) in [4.78, 5) is 23.2. The molecule has 0 saturated carbocycles. The molecule has 1 aromatic rings. The average Bonchev–Trinajstić information content (AvgIpc) is 2.69. The van der Waals surface area contributed by atoms with Crippen LogP contribution in [-0.4, -0.2) is 72.9 Å². The Balaban J connectivity index is 2.88. The van der Waals surface area contributed by atoms with Gasteiger partial charge in [-0.3, -0.25) is 0 Å². The second-order valence-electron chi connectivity index (χ2n) is 5.78. The number of hydrogen-bond donors (Lipinski definition) is 5. The number of carboxylic acid groups (broad SMARTS) is 1. The maximum atomic E-state index is 12.2. The third kappa shape index (κ3) is 7.88. The lowest BCUT2D eigenvalue weighted by Gasteiger charge is -2.33. The third-order valence-electron chi connectivity index (χ3n) is 3.75. The zero-order chi connectivity index (χ0) is 21.1. The molecule has 0 aromatic heterocycles. The first-order valence-corrected chi connectivity index (χ1v) is 10.9. The van der Waals surface area contributed by atoms with Gasteiger partial charge in [0.05, 0.1) is 10.6 Å². The van der Waals surface area contributed by atoms with Crippen molar-refractivity contribution in [2.24, 2.45) is 0 Å². The van der Waals surface area contributed by atoms with Gasteiger partial charge in [0, 0.05) is 0 Å². The normalized spacial score (nSPS) is 15.5. The van der Waals surface area contributed by atoms with Gasteiger partial charge in [0.1, 0.15) is 18.8 Å². The van der Waals surface area contributed by atoms with E-state index in [1.165, 1.54) is 23.5 Å². The van der Waals surface area contributed by atoms with Gasteiger partial charge in [-0.05, 0) is 17.1 Å². The lowest BCUT2D eigenvalue weighted by molar-refractivity contribution is -0.158. The highest BCUT2D eigenvalue weighted by atomic mass is 32.2. The van der Waals surface area contributed by atoms with Gasteiger partial charge in [-0.25, -0.2) is 9.59 Å². The molecule has 0 fully saturated rings. The number of carbonyl (C=O) groups is 2. The predicted octanol–water partition coefficient (Wildman–Crippen LogP) is 1.28. The Bertz CT molecular complexity index is 599. The van der Waals surface area contributed by atoms with Crippen LogP contribution in [0.3, 0.4) is 0 Å². The monoisotopic (exact) mass is 433 g/mol. The highest BCUT2D eigenvalue weighted by molar-refractivity contribution is 8.17. The molecule has 28 heavy (non-hydrogen) atoms. The molecule has 1 rings (SSSR count). The summed E-state index contributed by atoms with van der Waals surface area (Å²) >= 11 is 2.85. The van der Waals surface area contributed by atoms with Crippen LogP contribution in [-0.2, 0) is 16.1 Å². The number of benzene rings is 1. The summed E-state index contributed by atoms with van der Waals surface area (Å²) < 4.78 is 4.78. The van der Waals surface area contributed by atoms with Gasteiger partial charge < -0.3 is 30.5 Å². The summed E-state index contributed by atoms with van der Waals surface area (Å²) in [5.41, 5.74) is 0.776. The van der Waals surface area contributed by atoms with E-state index in [-0.39, 0.29) is 11.2 Å². The number of amides is 1. The molecular formula is C18H27NO7S2. The zero-order valence-electron chi connectivity index (χ0n) is 15.7. The third-order valence-corrected chi connectivity index (χ3v) is 6.47. The van der Waals surface area contributed by atoms with Crippen molar-refractivity contribution >= 4 is 35.6 Å². The van der Waals surface area contributed by atoms with Crippen molar-refractivity contribution in [2.45, 2.75) is 49.4 Å². The number of ether oxygens (including phenoxy) is 1. The van der Waals surface area contributed by atoms with Crippen LogP contribution < -0.4 is 5.32 Å². The van der Waals surface area contributed by atoms with E-state index < -0.39 is 36.4 Å². The average molecular weight is 434 g/mol. The van der Waals surface area contributed by atoms with Crippen molar-refractivity contribution in [3.63, 3.8) is 0 Å². The number of thioether (sulfide) groups is 2. The summed E-state index contributed by atoms with van der Waals surface area (Å²) in [6.07, 6.45) is -6.69. The molecule has 8 nitrogen and oxygen atoms in total. The van der Waals surface area contributed by atoms with Gasteiger partial charge in [0.2, 0.25) is 0 Å². The fraction of sp³-hybridized carbons (Fsp3) is 0.556. The Morgan fingerprint density at radius 2 is 1.61 bits per heavy atom. The molecule has 0 radical (unpaired) electrons. The van der Waals surface area contributed by atoms with E-state index in [2.05, 4.69) is 5.32 Å². The first-order valence-electron chi connectivity index (χ1n) is 8.79. The molecule has 0 saturated heterocycles. The van der Waals surface area contributed by atoms with Gasteiger partial charge in [-0.2, -0.15) is 0 Å². The van der Waals surface area contributed by atoms with E-state index in [0.29, 0.717) is 11.5 Å². The van der Waals surface area contributed by atoms with Crippen LogP contribution in [0.5, 0.6) is 0 Å². The summed E-state index contributed by atoms with van der Waals surface area (Å²) in [7, 11) is 0. The lowest BCUT2D eigenvalue weighted by atomic mass is 10.0. The minimum atomic E-state index is -2.18. The second kappa shape index (κ2) is 12.9. The van der Waals surface area contributed by atoms with Crippen molar-refractivity contribution in [3.05, 3.63) is 35.9 Å². The van der Waals surface area contributed by atoms with Crippen molar-refractivity contribution in [1.29, 1.82) is 0 Å². The maximum absolute atomic E-state index is 12.2. The molecule has 4 atom stereocenters. The molecule has 0 bridgehead atoms. The smallest absolute Gasteiger partial charge is 0.407 e. The highest BCUT2D eigenvalue weighted by Crippen LogP contribution is 2.29. The van der Waals surface area contributed by atoms with E-state index in [0.717, 1.165) is 5.56 Å². The number of alkyl carbamates (subject to hydrolysis) is 1. The van der Waals surface area contributed by atoms with Crippen LogP contribution in [0.4, 0.5) is 4.79 Å². The molecule has 0 heterocycles. The zero-order valence-corrected chi connectivity index (χ0v) is 17.4. The number of aliphatic hydroxyl groups excluding tert-OH is 3. The van der Waals surface area contributed by atoms with E-state index >= 15 is 0 Å². The molecule has 1 amide bonds. The first kappa shape index (κ1) is 24.6. The topological polar surface area (TPSA) is 136 Å². The summed E-state index contributed by atoms with van der Waals surface area (Å²) in [5.74, 6) is -0.335. The molecular weight excluding hydrogens is 406 g/mol. The minimum absolute atomic E-state index is 0.0162. The van der Waals surface area contributed by atoms with Crippen LogP contribution >= 0.6 is 23.5 Å². The largest absolute Gasteiger partial charge is 0.479 e. The van der Waals surface area contributed by atoms with Gasteiger partial charge in [0.15, 0.2) is 6.10 Å². The molecule has 0 aliphatic rings. The fourth-order valence-electron chi connectivity index (χ4n) is 2.34. The van der Waals surface area contributed by atoms with Gasteiger partial charge in [-0.1, -0.05) is 44.2 Å². The summed E-state index contributed by atoms with van der Waals surface area (Å²) in [5, 5.41) is 41.5. The van der Waals surface area contributed by atoms with Crippen LogP contribution in [0.2, 0.25) is 0 Å². The standard InChI is InChI=1S/C18H27NO7S2/c1-3-27-17(28-4-2)12(13(20)14(21)15(22)16(23)24)19-18(25)26-10-11-8-6-5-7-9-11/h5-9,12-15,17,20-22H,3-4,10H2,1-2H3,(H,19,25)(H,23,24)/t12-,13-,14-,15+/m1/s1. The minimum Gasteiger partial charge on any atom is -0.479 e. The van der Waals surface area contributed by atoms with Crippen LogP contribution in [0.25, 0.3) is 0 Å².